The summed E-state index contributed by atoms with van der Waals surface area (Å²) in [6.07, 6.45) is 6.18. The van der Waals surface area contributed by atoms with Gasteiger partial charge in [-0.2, -0.15) is 5.10 Å². The van der Waals surface area contributed by atoms with Crippen molar-refractivity contribution >= 4 is 0 Å². The lowest BCUT2D eigenvalue weighted by Gasteiger charge is -2.10. The van der Waals surface area contributed by atoms with Crippen LogP contribution in [-0.4, -0.2) is 27.9 Å². The molecular formula is C15H20N4. The van der Waals surface area contributed by atoms with Gasteiger partial charge in [0.05, 0.1) is 11.4 Å². The van der Waals surface area contributed by atoms with Crippen molar-refractivity contribution in [2.24, 2.45) is 5.92 Å². The molecule has 0 unspecified atom stereocenters. The van der Waals surface area contributed by atoms with Crippen LogP contribution in [0, 0.1) is 5.92 Å². The highest BCUT2D eigenvalue weighted by Gasteiger charge is 2.15. The fraction of sp³-hybridized carbons (Fsp3) is 0.467. The first-order valence-electron chi connectivity index (χ1n) is 7.04. The minimum atomic E-state index is 0.770. The maximum Gasteiger partial charge on any atom is 0.0885 e. The van der Waals surface area contributed by atoms with E-state index in [0.29, 0.717) is 0 Å². The number of nitrogens with zero attached hydrogens (tertiary/aromatic N) is 3. The minimum Gasteiger partial charge on any atom is -0.316 e. The molecule has 2 aromatic heterocycles. The fourth-order valence-electron chi connectivity index (χ4n) is 2.77. The average Bonchev–Trinajstić information content (AvgIpc) is 3.09. The van der Waals surface area contributed by atoms with E-state index in [1.54, 1.807) is 0 Å². The van der Waals surface area contributed by atoms with Crippen LogP contribution in [0.2, 0.25) is 0 Å². The Labute approximate surface area is 113 Å². The van der Waals surface area contributed by atoms with Crippen LogP contribution < -0.4 is 5.32 Å². The van der Waals surface area contributed by atoms with Crippen LogP contribution in [0.3, 0.4) is 0 Å². The van der Waals surface area contributed by atoms with Gasteiger partial charge in [0.1, 0.15) is 0 Å². The molecule has 1 N–H and O–H groups in total. The lowest BCUT2D eigenvalue weighted by Crippen LogP contribution is -2.11. The molecule has 3 heterocycles. The summed E-state index contributed by atoms with van der Waals surface area (Å²) in [5.74, 6) is 0.770. The summed E-state index contributed by atoms with van der Waals surface area (Å²) in [7, 11) is 0. The molecule has 4 heteroatoms. The van der Waals surface area contributed by atoms with Gasteiger partial charge < -0.3 is 5.32 Å². The van der Waals surface area contributed by atoms with Crippen LogP contribution in [-0.2, 0) is 13.0 Å². The molecule has 1 saturated heterocycles. The summed E-state index contributed by atoms with van der Waals surface area (Å²) in [5, 5.41) is 7.73. The van der Waals surface area contributed by atoms with Crippen LogP contribution >= 0.6 is 0 Å². The Kier molecular flexibility index (Phi) is 3.60. The maximum atomic E-state index is 4.49. The van der Waals surface area contributed by atoms with Gasteiger partial charge in [0.25, 0.3) is 0 Å². The Bertz CT molecular complexity index is 541. The van der Waals surface area contributed by atoms with Crippen molar-refractivity contribution in [3.63, 3.8) is 0 Å². The Morgan fingerprint density at radius 2 is 2.32 bits per heavy atom. The van der Waals surface area contributed by atoms with Gasteiger partial charge in [0, 0.05) is 18.9 Å². The first-order valence-corrected chi connectivity index (χ1v) is 7.04. The second-order valence-corrected chi connectivity index (χ2v) is 5.14. The topological polar surface area (TPSA) is 42.7 Å². The van der Waals surface area contributed by atoms with Crippen molar-refractivity contribution < 1.29 is 0 Å². The fourth-order valence-corrected chi connectivity index (χ4v) is 2.77. The average molecular weight is 256 g/mol. The zero-order chi connectivity index (χ0) is 13.1. The number of hydrogen-bond donors (Lipinski definition) is 1. The molecular weight excluding hydrogens is 236 g/mol. The Hall–Kier alpha value is -1.68. The van der Waals surface area contributed by atoms with Crippen LogP contribution in [0.4, 0.5) is 0 Å². The molecule has 1 aliphatic heterocycles. The summed E-state index contributed by atoms with van der Waals surface area (Å²) >= 11 is 0. The first-order chi connectivity index (χ1) is 9.36. The number of aryl methyl sites for hydroxylation is 1. The Morgan fingerprint density at radius 1 is 1.37 bits per heavy atom. The lowest BCUT2D eigenvalue weighted by atomic mass is 9.99. The Balaban J connectivity index is 1.83. The van der Waals surface area contributed by atoms with E-state index in [0.717, 1.165) is 43.4 Å². The van der Waals surface area contributed by atoms with Gasteiger partial charge in [-0.25, -0.2) is 0 Å². The molecule has 1 aliphatic rings. The van der Waals surface area contributed by atoms with E-state index in [2.05, 4.69) is 34.5 Å². The van der Waals surface area contributed by atoms with Gasteiger partial charge >= 0.3 is 0 Å². The molecule has 1 atom stereocenters. The van der Waals surface area contributed by atoms with Crippen LogP contribution in [0.5, 0.6) is 0 Å². The molecule has 0 amide bonds. The number of aromatic nitrogens is 3. The summed E-state index contributed by atoms with van der Waals surface area (Å²) in [6.45, 7) is 5.28. The highest BCUT2D eigenvalue weighted by molar-refractivity contribution is 5.54. The maximum absolute atomic E-state index is 4.49. The SMILES string of the molecule is CCn1nccc1-c1cc(C[C@H]2CCNC2)ccn1. The third kappa shape index (κ3) is 2.68. The van der Waals surface area contributed by atoms with E-state index in [9.17, 15) is 0 Å². The van der Waals surface area contributed by atoms with E-state index in [-0.39, 0.29) is 0 Å². The molecule has 1 fully saturated rings. The number of nitrogens with one attached hydrogen (secondary N) is 1. The van der Waals surface area contributed by atoms with Gasteiger partial charge in [0.15, 0.2) is 0 Å². The molecule has 0 radical (unpaired) electrons. The molecule has 19 heavy (non-hydrogen) atoms. The second kappa shape index (κ2) is 5.53. The summed E-state index contributed by atoms with van der Waals surface area (Å²) in [5.41, 5.74) is 3.51. The third-order valence-corrected chi connectivity index (χ3v) is 3.79. The molecule has 0 spiro atoms. The smallest absolute Gasteiger partial charge is 0.0885 e. The van der Waals surface area contributed by atoms with Crippen molar-refractivity contribution in [3.05, 3.63) is 36.2 Å². The predicted octanol–water partition coefficient (Wildman–Crippen LogP) is 2.12. The van der Waals surface area contributed by atoms with Crippen molar-refractivity contribution in [3.8, 4) is 11.4 Å². The molecule has 3 rings (SSSR count). The van der Waals surface area contributed by atoms with E-state index in [1.807, 2.05) is 23.1 Å². The molecule has 2 aromatic rings. The molecule has 100 valence electrons. The van der Waals surface area contributed by atoms with Gasteiger partial charge in [-0.15, -0.1) is 0 Å². The number of rotatable bonds is 4. The van der Waals surface area contributed by atoms with E-state index in [4.69, 9.17) is 0 Å². The first kappa shape index (κ1) is 12.4. The molecule has 0 aliphatic carbocycles. The lowest BCUT2D eigenvalue weighted by molar-refractivity contribution is 0.580. The molecule has 4 nitrogen and oxygen atoms in total. The van der Waals surface area contributed by atoms with Crippen LogP contribution in [0.15, 0.2) is 30.6 Å². The normalized spacial score (nSPS) is 18.9. The Morgan fingerprint density at radius 3 is 3.11 bits per heavy atom. The molecule has 0 bridgehead atoms. The van der Waals surface area contributed by atoms with Gasteiger partial charge in [-0.3, -0.25) is 9.67 Å². The van der Waals surface area contributed by atoms with E-state index < -0.39 is 0 Å². The predicted molar refractivity (Wildman–Crippen MR) is 75.8 cm³/mol. The quantitative estimate of drug-likeness (QED) is 0.911. The van der Waals surface area contributed by atoms with E-state index in [1.165, 1.54) is 12.0 Å². The van der Waals surface area contributed by atoms with Crippen LogP contribution in [0.1, 0.15) is 18.9 Å². The zero-order valence-corrected chi connectivity index (χ0v) is 11.3. The highest BCUT2D eigenvalue weighted by Crippen LogP contribution is 2.20. The van der Waals surface area contributed by atoms with E-state index >= 15 is 0 Å². The van der Waals surface area contributed by atoms with Crippen molar-refractivity contribution in [1.82, 2.24) is 20.1 Å². The largest absolute Gasteiger partial charge is 0.316 e. The van der Waals surface area contributed by atoms with Crippen molar-refractivity contribution in [2.75, 3.05) is 13.1 Å². The number of pyridine rings is 1. The zero-order valence-electron chi connectivity index (χ0n) is 11.3. The highest BCUT2D eigenvalue weighted by atomic mass is 15.3. The van der Waals surface area contributed by atoms with Gasteiger partial charge in [0.2, 0.25) is 0 Å². The third-order valence-electron chi connectivity index (χ3n) is 3.79. The number of hydrogen-bond acceptors (Lipinski definition) is 3. The summed E-state index contributed by atoms with van der Waals surface area (Å²) in [4.78, 5) is 4.49. The standard InChI is InChI=1S/C15H20N4/c1-2-19-15(5-8-18-19)14-10-12(4-7-17-14)9-13-3-6-16-11-13/h4-5,7-8,10,13,16H,2-3,6,9,11H2,1H3/t13-/m1/s1. The molecule has 0 saturated carbocycles. The van der Waals surface area contributed by atoms with Gasteiger partial charge in [-0.1, -0.05) is 0 Å². The summed E-state index contributed by atoms with van der Waals surface area (Å²) in [6, 6.07) is 6.38. The minimum absolute atomic E-state index is 0.770. The van der Waals surface area contributed by atoms with Crippen molar-refractivity contribution in [1.29, 1.82) is 0 Å². The van der Waals surface area contributed by atoms with Crippen molar-refractivity contribution in [2.45, 2.75) is 26.3 Å². The monoisotopic (exact) mass is 256 g/mol. The van der Waals surface area contributed by atoms with Crippen LogP contribution in [0.25, 0.3) is 11.4 Å². The molecule has 0 aromatic carbocycles. The van der Waals surface area contributed by atoms with Gasteiger partial charge in [-0.05, 0) is 62.5 Å². The summed E-state index contributed by atoms with van der Waals surface area (Å²) < 4.78 is 1.99. The second-order valence-electron chi connectivity index (χ2n) is 5.14.